The average molecular weight is 270 g/mol. The predicted octanol–water partition coefficient (Wildman–Crippen LogP) is 2.32. The molecule has 0 heterocycles. The third kappa shape index (κ3) is 4.40. The molecule has 5 nitrogen and oxygen atoms in total. The van der Waals surface area contributed by atoms with Gasteiger partial charge in [-0.2, -0.15) is 0 Å². The van der Waals surface area contributed by atoms with Crippen LogP contribution in [0.15, 0.2) is 0 Å². The van der Waals surface area contributed by atoms with Crippen molar-refractivity contribution in [3.8, 4) is 0 Å². The third-order valence-corrected chi connectivity index (χ3v) is 4.22. The van der Waals surface area contributed by atoms with Crippen molar-refractivity contribution in [1.29, 1.82) is 0 Å². The van der Waals surface area contributed by atoms with Crippen molar-refractivity contribution < 1.29 is 14.7 Å². The highest BCUT2D eigenvalue weighted by Crippen LogP contribution is 2.31. The van der Waals surface area contributed by atoms with E-state index in [9.17, 15) is 9.59 Å². The number of hydrogen-bond acceptors (Lipinski definition) is 2. The summed E-state index contributed by atoms with van der Waals surface area (Å²) in [4.78, 5) is 24.5. The van der Waals surface area contributed by atoms with Crippen LogP contribution in [0.1, 0.15) is 47.0 Å². The van der Waals surface area contributed by atoms with Crippen LogP contribution in [-0.4, -0.2) is 40.6 Å². The highest BCUT2D eigenvalue weighted by Gasteiger charge is 2.32. The molecule has 1 saturated carbocycles. The fraction of sp³-hybridized carbons (Fsp3) is 0.857. The first-order chi connectivity index (χ1) is 8.82. The number of rotatable bonds is 5. The van der Waals surface area contributed by atoms with Gasteiger partial charge < -0.3 is 15.3 Å². The second-order valence-corrected chi connectivity index (χ2v) is 5.90. The summed E-state index contributed by atoms with van der Waals surface area (Å²) in [6.45, 7) is 8.45. The second-order valence-electron chi connectivity index (χ2n) is 5.90. The van der Waals surface area contributed by atoms with Gasteiger partial charge in [0.15, 0.2) is 0 Å². The van der Waals surface area contributed by atoms with Crippen molar-refractivity contribution >= 4 is 12.0 Å². The molecule has 110 valence electrons. The molecule has 0 spiro atoms. The van der Waals surface area contributed by atoms with Crippen LogP contribution in [0.25, 0.3) is 0 Å². The molecule has 0 aliphatic heterocycles. The molecule has 0 aromatic rings. The minimum Gasteiger partial charge on any atom is -0.481 e. The Bertz CT molecular complexity index is 331. The van der Waals surface area contributed by atoms with Crippen LogP contribution in [0.2, 0.25) is 0 Å². The second kappa shape index (κ2) is 6.78. The third-order valence-electron chi connectivity index (χ3n) is 4.22. The predicted molar refractivity (Wildman–Crippen MR) is 74.0 cm³/mol. The molecule has 0 bridgehead atoms. The zero-order valence-electron chi connectivity index (χ0n) is 12.3. The monoisotopic (exact) mass is 270 g/mol. The van der Waals surface area contributed by atoms with Crippen LogP contribution in [0.4, 0.5) is 4.79 Å². The summed E-state index contributed by atoms with van der Waals surface area (Å²) in [7, 11) is 0. The van der Waals surface area contributed by atoms with E-state index in [-0.39, 0.29) is 31.1 Å². The Balaban J connectivity index is 2.55. The van der Waals surface area contributed by atoms with Gasteiger partial charge in [-0.15, -0.1) is 0 Å². The smallest absolute Gasteiger partial charge is 0.317 e. The summed E-state index contributed by atoms with van der Waals surface area (Å²) in [6, 6.07) is 0.0873. The number of nitrogens with zero attached hydrogens (tertiary/aromatic N) is 1. The number of amides is 2. The maximum atomic E-state index is 12.2. The van der Waals surface area contributed by atoms with Gasteiger partial charge in [-0.1, -0.05) is 13.8 Å². The van der Waals surface area contributed by atoms with Gasteiger partial charge in [0.1, 0.15) is 0 Å². The number of nitrogens with one attached hydrogen (secondary N) is 1. The molecule has 5 heteroatoms. The molecule has 1 aliphatic rings. The summed E-state index contributed by atoms with van der Waals surface area (Å²) in [5.41, 5.74) is 0. The van der Waals surface area contributed by atoms with E-state index in [0.717, 1.165) is 12.8 Å². The molecule has 19 heavy (non-hydrogen) atoms. The van der Waals surface area contributed by atoms with Crippen LogP contribution >= 0.6 is 0 Å². The first-order valence-electron chi connectivity index (χ1n) is 7.11. The van der Waals surface area contributed by atoms with Crippen LogP contribution in [0, 0.1) is 11.8 Å². The van der Waals surface area contributed by atoms with Gasteiger partial charge in [-0.05, 0) is 38.5 Å². The number of carbonyl (C=O) groups is 2. The topological polar surface area (TPSA) is 69.6 Å². The first kappa shape index (κ1) is 15.8. The van der Waals surface area contributed by atoms with Crippen molar-refractivity contribution in [3.63, 3.8) is 0 Å². The lowest BCUT2D eigenvalue weighted by atomic mass is 9.98. The van der Waals surface area contributed by atoms with Gasteiger partial charge in [0.25, 0.3) is 0 Å². The normalized spacial score (nSPS) is 26.5. The quantitative estimate of drug-likeness (QED) is 0.805. The van der Waals surface area contributed by atoms with Crippen LogP contribution in [0.5, 0.6) is 0 Å². The Hall–Kier alpha value is -1.26. The molecular weight excluding hydrogens is 244 g/mol. The fourth-order valence-corrected chi connectivity index (χ4v) is 2.62. The first-order valence-corrected chi connectivity index (χ1v) is 7.11. The summed E-state index contributed by atoms with van der Waals surface area (Å²) in [6.07, 6.45) is 2.14. The van der Waals surface area contributed by atoms with Crippen LogP contribution < -0.4 is 5.32 Å². The van der Waals surface area contributed by atoms with E-state index in [0.29, 0.717) is 11.8 Å². The molecule has 1 fully saturated rings. The standard InChI is InChI=1S/C14H26N2O3/c1-9(2)16(8-7-13(17)18)14(19)15-12-6-5-10(3)11(12)4/h9-12H,5-8H2,1-4H3,(H,15,19)(H,17,18). The summed E-state index contributed by atoms with van der Waals surface area (Å²) in [5, 5.41) is 11.8. The Kier molecular flexibility index (Phi) is 5.63. The maximum Gasteiger partial charge on any atom is 0.317 e. The van der Waals surface area contributed by atoms with E-state index in [1.165, 1.54) is 0 Å². The fourth-order valence-electron chi connectivity index (χ4n) is 2.62. The Labute approximate surface area is 115 Å². The molecule has 2 N–H and O–H groups in total. The van der Waals surface area contributed by atoms with Crippen LogP contribution in [-0.2, 0) is 4.79 Å². The van der Waals surface area contributed by atoms with E-state index in [4.69, 9.17) is 5.11 Å². The van der Waals surface area contributed by atoms with Crippen molar-refractivity contribution in [2.45, 2.75) is 59.0 Å². The summed E-state index contributed by atoms with van der Waals surface area (Å²) in [5.74, 6) is 0.246. The van der Waals surface area contributed by atoms with Crippen molar-refractivity contribution in [2.75, 3.05) is 6.54 Å². The molecule has 1 aliphatic carbocycles. The summed E-state index contributed by atoms with van der Waals surface area (Å²) >= 11 is 0. The minimum absolute atomic E-state index is 0.00785. The molecule has 1 rings (SSSR count). The minimum atomic E-state index is -0.874. The van der Waals surface area contributed by atoms with E-state index in [1.54, 1.807) is 4.90 Å². The number of carboxylic acid groups (broad SMARTS) is 1. The lowest BCUT2D eigenvalue weighted by Crippen LogP contribution is -2.49. The zero-order valence-corrected chi connectivity index (χ0v) is 12.3. The van der Waals surface area contributed by atoms with Gasteiger partial charge in [0.2, 0.25) is 0 Å². The largest absolute Gasteiger partial charge is 0.481 e. The lowest BCUT2D eigenvalue weighted by molar-refractivity contribution is -0.137. The van der Waals surface area contributed by atoms with Crippen molar-refractivity contribution in [1.82, 2.24) is 10.2 Å². The van der Waals surface area contributed by atoms with Crippen LogP contribution in [0.3, 0.4) is 0 Å². The average Bonchev–Trinajstić information content (AvgIpc) is 2.60. The molecule has 3 unspecified atom stereocenters. The number of carbonyl (C=O) groups excluding carboxylic acids is 1. The zero-order chi connectivity index (χ0) is 14.6. The number of hydrogen-bond donors (Lipinski definition) is 2. The van der Waals surface area contributed by atoms with E-state index >= 15 is 0 Å². The number of carboxylic acids is 1. The molecule has 3 atom stereocenters. The van der Waals surface area contributed by atoms with E-state index < -0.39 is 5.97 Å². The number of aliphatic carboxylic acids is 1. The molecule has 0 radical (unpaired) electrons. The molecular formula is C14H26N2O3. The van der Waals surface area contributed by atoms with Gasteiger partial charge in [-0.3, -0.25) is 4.79 Å². The molecule has 0 saturated heterocycles. The molecule has 2 amide bonds. The van der Waals surface area contributed by atoms with Crippen molar-refractivity contribution in [3.05, 3.63) is 0 Å². The SMILES string of the molecule is CC1CCC(NC(=O)N(CCC(=O)O)C(C)C)C1C. The Morgan fingerprint density at radius 3 is 2.37 bits per heavy atom. The van der Waals surface area contributed by atoms with Gasteiger partial charge in [-0.25, -0.2) is 4.79 Å². The maximum absolute atomic E-state index is 12.2. The Morgan fingerprint density at radius 2 is 1.95 bits per heavy atom. The highest BCUT2D eigenvalue weighted by atomic mass is 16.4. The van der Waals surface area contributed by atoms with Gasteiger partial charge in [0.05, 0.1) is 6.42 Å². The molecule has 0 aromatic carbocycles. The van der Waals surface area contributed by atoms with Gasteiger partial charge in [0, 0.05) is 18.6 Å². The number of urea groups is 1. The highest BCUT2D eigenvalue weighted by molar-refractivity contribution is 5.76. The van der Waals surface area contributed by atoms with Gasteiger partial charge >= 0.3 is 12.0 Å². The Morgan fingerprint density at radius 1 is 1.32 bits per heavy atom. The van der Waals surface area contributed by atoms with E-state index in [2.05, 4.69) is 19.2 Å². The molecule has 0 aromatic heterocycles. The summed E-state index contributed by atoms with van der Waals surface area (Å²) < 4.78 is 0. The van der Waals surface area contributed by atoms with E-state index in [1.807, 2.05) is 13.8 Å². The lowest BCUT2D eigenvalue weighted by Gasteiger charge is -2.29. The van der Waals surface area contributed by atoms with Crippen molar-refractivity contribution in [2.24, 2.45) is 11.8 Å².